The molecule has 0 bridgehead atoms. The summed E-state index contributed by atoms with van der Waals surface area (Å²) in [5.41, 5.74) is 3.27. The first-order valence-corrected chi connectivity index (χ1v) is 10.2. The van der Waals surface area contributed by atoms with Crippen LogP contribution < -0.4 is 0 Å². The molecule has 4 nitrogen and oxygen atoms in total. The normalized spacial score (nSPS) is 19.8. The minimum Gasteiger partial charge on any atom is -0.478 e. The Morgan fingerprint density at radius 1 is 0.724 bits per heavy atom. The number of hydrogen-bond acceptors (Lipinski definition) is 2. The van der Waals surface area contributed by atoms with Crippen LogP contribution in [0, 0.1) is 0 Å². The summed E-state index contributed by atoms with van der Waals surface area (Å²) in [6.07, 6.45) is 1.54. The standard InChI is InChI=1S/C23H22Cl2O4/c1-21(2)9-23(15-7-17(24)11(19(26)27)5-13(15)21)10-22(3,4)14-6-12(20(28)29)18(25)8-16(14)23/h5-8H,9-10H2,1-4H3,(H,26,27)(H,28,29). The van der Waals surface area contributed by atoms with E-state index in [1.807, 2.05) is 0 Å². The van der Waals surface area contributed by atoms with Crippen LogP contribution in [-0.2, 0) is 16.2 Å². The second kappa shape index (κ2) is 5.99. The Morgan fingerprint density at radius 3 is 1.38 bits per heavy atom. The number of hydrogen-bond donors (Lipinski definition) is 2. The molecule has 2 aliphatic carbocycles. The molecule has 0 heterocycles. The lowest BCUT2D eigenvalue weighted by molar-refractivity contribution is 0.0686. The fourth-order valence-electron chi connectivity index (χ4n) is 5.67. The Bertz CT molecular complexity index is 1010. The van der Waals surface area contributed by atoms with Crippen molar-refractivity contribution in [3.63, 3.8) is 0 Å². The van der Waals surface area contributed by atoms with Crippen LogP contribution in [-0.4, -0.2) is 22.2 Å². The van der Waals surface area contributed by atoms with Gasteiger partial charge in [0.15, 0.2) is 0 Å². The van der Waals surface area contributed by atoms with Crippen molar-refractivity contribution in [2.45, 2.75) is 56.8 Å². The van der Waals surface area contributed by atoms with Crippen LogP contribution in [0.2, 0.25) is 10.0 Å². The van der Waals surface area contributed by atoms with Crippen LogP contribution in [0.25, 0.3) is 0 Å². The van der Waals surface area contributed by atoms with Gasteiger partial charge in [-0.25, -0.2) is 9.59 Å². The summed E-state index contributed by atoms with van der Waals surface area (Å²) >= 11 is 12.7. The van der Waals surface area contributed by atoms with Gasteiger partial charge < -0.3 is 10.2 Å². The van der Waals surface area contributed by atoms with Gasteiger partial charge in [-0.15, -0.1) is 0 Å². The van der Waals surface area contributed by atoms with Crippen LogP contribution in [0.15, 0.2) is 24.3 Å². The van der Waals surface area contributed by atoms with Crippen molar-refractivity contribution >= 4 is 35.1 Å². The zero-order valence-corrected chi connectivity index (χ0v) is 18.2. The average Bonchev–Trinajstić information content (AvgIpc) is 2.92. The number of halogens is 2. The molecule has 152 valence electrons. The lowest BCUT2D eigenvalue weighted by atomic mass is 9.72. The number of carboxylic acids is 2. The lowest BCUT2D eigenvalue weighted by Gasteiger charge is -2.30. The predicted octanol–water partition coefficient (Wildman–Crippen LogP) is 6.04. The largest absolute Gasteiger partial charge is 0.478 e. The van der Waals surface area contributed by atoms with E-state index < -0.39 is 11.9 Å². The van der Waals surface area contributed by atoms with Crippen molar-refractivity contribution in [3.8, 4) is 0 Å². The van der Waals surface area contributed by atoms with Crippen molar-refractivity contribution in [2.24, 2.45) is 0 Å². The zero-order chi connectivity index (χ0) is 21.5. The highest BCUT2D eigenvalue weighted by molar-refractivity contribution is 6.34. The highest BCUT2D eigenvalue weighted by atomic mass is 35.5. The first-order valence-electron chi connectivity index (χ1n) is 9.46. The number of aromatic carboxylic acids is 2. The first-order chi connectivity index (χ1) is 13.3. The van der Waals surface area contributed by atoms with Gasteiger partial charge in [-0.1, -0.05) is 50.9 Å². The van der Waals surface area contributed by atoms with E-state index in [0.29, 0.717) is 0 Å². The van der Waals surface area contributed by atoms with E-state index in [-0.39, 0.29) is 37.4 Å². The molecule has 1 spiro atoms. The molecule has 0 aliphatic heterocycles. The van der Waals surface area contributed by atoms with Crippen molar-refractivity contribution in [3.05, 3.63) is 67.7 Å². The summed E-state index contributed by atoms with van der Waals surface area (Å²) in [6, 6.07) is 6.98. The smallest absolute Gasteiger partial charge is 0.337 e. The average molecular weight is 433 g/mol. The van der Waals surface area contributed by atoms with Gasteiger partial charge in [0.1, 0.15) is 0 Å². The van der Waals surface area contributed by atoms with E-state index in [9.17, 15) is 19.8 Å². The van der Waals surface area contributed by atoms with Crippen LogP contribution in [0.5, 0.6) is 0 Å². The third-order valence-corrected chi connectivity index (χ3v) is 7.28. The number of benzene rings is 2. The van der Waals surface area contributed by atoms with E-state index in [2.05, 4.69) is 27.7 Å². The van der Waals surface area contributed by atoms with Gasteiger partial charge in [-0.2, -0.15) is 0 Å². The lowest BCUT2D eigenvalue weighted by Crippen LogP contribution is -2.27. The Morgan fingerprint density at radius 2 is 1.07 bits per heavy atom. The highest BCUT2D eigenvalue weighted by Crippen LogP contribution is 2.63. The third-order valence-electron chi connectivity index (χ3n) is 6.65. The number of carbonyl (C=O) groups is 2. The fourth-order valence-corrected chi connectivity index (χ4v) is 6.16. The SMILES string of the molecule is CC1(C)CC2(CC(C)(C)c3cc(C(=O)O)c(Cl)cc32)c2cc(Cl)c(C(=O)O)cc21. The van der Waals surface area contributed by atoms with Gasteiger partial charge in [0.05, 0.1) is 21.2 Å². The second-order valence-corrected chi connectivity index (χ2v) is 10.4. The predicted molar refractivity (Wildman–Crippen MR) is 113 cm³/mol. The van der Waals surface area contributed by atoms with E-state index in [0.717, 1.165) is 35.1 Å². The van der Waals surface area contributed by atoms with Crippen molar-refractivity contribution in [1.82, 2.24) is 0 Å². The Kier molecular flexibility index (Phi) is 4.18. The molecule has 0 atom stereocenters. The Hall–Kier alpha value is -2.04. The molecule has 2 N–H and O–H groups in total. The van der Waals surface area contributed by atoms with E-state index in [1.165, 1.54) is 0 Å². The van der Waals surface area contributed by atoms with Crippen LogP contribution in [0.3, 0.4) is 0 Å². The molecule has 2 aliphatic rings. The van der Waals surface area contributed by atoms with Crippen molar-refractivity contribution in [2.75, 3.05) is 0 Å². The maximum Gasteiger partial charge on any atom is 0.337 e. The van der Waals surface area contributed by atoms with E-state index in [1.54, 1.807) is 24.3 Å². The minimum atomic E-state index is -1.05. The van der Waals surface area contributed by atoms with Crippen molar-refractivity contribution < 1.29 is 19.8 Å². The fraction of sp³-hybridized carbons (Fsp3) is 0.391. The van der Waals surface area contributed by atoms with Crippen molar-refractivity contribution in [1.29, 1.82) is 0 Å². The summed E-state index contributed by atoms with van der Waals surface area (Å²) in [5, 5.41) is 19.5. The Labute approximate surface area is 179 Å². The first kappa shape index (κ1) is 20.2. The maximum absolute atomic E-state index is 11.6. The molecule has 4 rings (SSSR count). The van der Waals surface area contributed by atoms with Crippen LogP contribution >= 0.6 is 23.2 Å². The molecule has 0 amide bonds. The number of fused-ring (bicyclic) bond motifs is 4. The van der Waals surface area contributed by atoms with Gasteiger partial charge in [-0.3, -0.25) is 0 Å². The molecule has 0 radical (unpaired) electrons. The summed E-state index contributed by atoms with van der Waals surface area (Å²) in [5.74, 6) is -2.09. The quantitative estimate of drug-likeness (QED) is 0.606. The molecule has 0 saturated heterocycles. The maximum atomic E-state index is 11.6. The third kappa shape index (κ3) is 2.72. The van der Waals surface area contributed by atoms with E-state index >= 15 is 0 Å². The monoisotopic (exact) mass is 432 g/mol. The number of rotatable bonds is 2. The van der Waals surface area contributed by atoms with Gasteiger partial charge in [0.25, 0.3) is 0 Å². The molecule has 2 aromatic carbocycles. The molecule has 0 aromatic heterocycles. The van der Waals surface area contributed by atoms with Crippen LogP contribution in [0.4, 0.5) is 0 Å². The molecule has 0 fully saturated rings. The van der Waals surface area contributed by atoms with Gasteiger partial charge in [0.2, 0.25) is 0 Å². The molecule has 6 heteroatoms. The minimum absolute atomic E-state index is 0.104. The summed E-state index contributed by atoms with van der Waals surface area (Å²) < 4.78 is 0. The summed E-state index contributed by atoms with van der Waals surface area (Å²) in [7, 11) is 0. The summed E-state index contributed by atoms with van der Waals surface area (Å²) in [6.45, 7) is 8.44. The molecule has 2 aromatic rings. The number of carboxylic acid groups (broad SMARTS) is 2. The van der Waals surface area contributed by atoms with Gasteiger partial charge in [0, 0.05) is 5.41 Å². The van der Waals surface area contributed by atoms with E-state index in [4.69, 9.17) is 23.2 Å². The van der Waals surface area contributed by atoms with Gasteiger partial charge >= 0.3 is 11.9 Å². The molecule has 0 unspecified atom stereocenters. The topological polar surface area (TPSA) is 74.6 Å². The Balaban J connectivity index is 2.05. The zero-order valence-electron chi connectivity index (χ0n) is 16.7. The highest BCUT2D eigenvalue weighted by Gasteiger charge is 2.56. The molecule has 0 saturated carbocycles. The molecular formula is C23H22Cl2O4. The molecule has 29 heavy (non-hydrogen) atoms. The summed E-state index contributed by atoms with van der Waals surface area (Å²) in [4.78, 5) is 23.3. The second-order valence-electron chi connectivity index (χ2n) is 9.57. The van der Waals surface area contributed by atoms with Gasteiger partial charge in [-0.05, 0) is 70.2 Å². The van der Waals surface area contributed by atoms with Crippen LogP contribution in [0.1, 0.15) is 83.5 Å². The molecular weight excluding hydrogens is 411 g/mol.